The minimum atomic E-state index is -0.114. The number of aromatic nitrogens is 3. The van der Waals surface area contributed by atoms with E-state index < -0.39 is 0 Å². The van der Waals surface area contributed by atoms with E-state index in [9.17, 15) is 10.5 Å². The van der Waals surface area contributed by atoms with Gasteiger partial charge in [0.2, 0.25) is 0 Å². The van der Waals surface area contributed by atoms with Gasteiger partial charge in [-0.3, -0.25) is 9.97 Å². The molecule has 0 amide bonds. The molecule has 8 nitrogen and oxygen atoms in total. The van der Waals surface area contributed by atoms with Crippen LogP contribution in [0.1, 0.15) is 16.7 Å². The van der Waals surface area contributed by atoms with Crippen LogP contribution in [-0.2, 0) is 5.75 Å². The Morgan fingerprint density at radius 2 is 1.97 bits per heavy atom. The number of nitrogens with zero attached hydrogens (tertiary/aromatic N) is 5. The van der Waals surface area contributed by atoms with Crippen LogP contribution in [0.25, 0.3) is 11.3 Å². The Morgan fingerprint density at radius 3 is 2.59 bits per heavy atom. The number of thioether (sulfide) groups is 1. The lowest BCUT2D eigenvalue weighted by molar-refractivity contribution is 0.201. The summed E-state index contributed by atoms with van der Waals surface area (Å²) in [6.45, 7) is 0.0303. The van der Waals surface area contributed by atoms with Crippen LogP contribution in [0.15, 0.2) is 47.9 Å². The summed E-state index contributed by atoms with van der Waals surface area (Å²) in [7, 11) is 0. The zero-order valence-corrected chi connectivity index (χ0v) is 16.1. The summed E-state index contributed by atoms with van der Waals surface area (Å²) in [6, 6.07) is 11.2. The lowest BCUT2D eigenvalue weighted by Gasteiger charge is -2.13. The van der Waals surface area contributed by atoms with Crippen molar-refractivity contribution in [2.45, 2.75) is 10.8 Å². The number of hydrogen-bond donors (Lipinski definition) is 2. The first kappa shape index (κ1) is 20.1. The highest BCUT2D eigenvalue weighted by molar-refractivity contribution is 7.98. The zero-order valence-electron chi connectivity index (χ0n) is 15.2. The predicted octanol–water partition coefficient (Wildman–Crippen LogP) is 2.53. The van der Waals surface area contributed by atoms with Crippen LogP contribution in [0.4, 0.5) is 5.82 Å². The first-order valence-corrected chi connectivity index (χ1v) is 9.52. The number of anilines is 1. The van der Waals surface area contributed by atoms with Crippen molar-refractivity contribution in [2.24, 2.45) is 0 Å². The number of aliphatic hydroxyl groups is 1. The Kier molecular flexibility index (Phi) is 6.59. The largest absolute Gasteiger partial charge is 0.490 e. The van der Waals surface area contributed by atoms with Gasteiger partial charge in [-0.2, -0.15) is 10.5 Å². The number of nitriles is 2. The minimum Gasteiger partial charge on any atom is -0.490 e. The van der Waals surface area contributed by atoms with E-state index in [0.717, 1.165) is 5.56 Å². The fourth-order valence-electron chi connectivity index (χ4n) is 2.57. The Hall–Kier alpha value is -3.66. The van der Waals surface area contributed by atoms with E-state index in [4.69, 9.17) is 15.6 Å². The number of hydrogen-bond acceptors (Lipinski definition) is 9. The summed E-state index contributed by atoms with van der Waals surface area (Å²) in [4.78, 5) is 12.7. The molecule has 0 atom stereocenters. The monoisotopic (exact) mass is 404 g/mol. The maximum Gasteiger partial charge on any atom is 0.143 e. The Labute approximate surface area is 171 Å². The van der Waals surface area contributed by atoms with Crippen LogP contribution in [0.3, 0.4) is 0 Å². The molecule has 9 heteroatoms. The number of nitrogens with two attached hydrogens (primary N) is 1. The molecule has 0 aliphatic heterocycles. The van der Waals surface area contributed by atoms with Crippen LogP contribution in [0, 0.1) is 22.7 Å². The fourth-order valence-corrected chi connectivity index (χ4v) is 3.50. The highest BCUT2D eigenvalue weighted by atomic mass is 32.2. The minimum absolute atomic E-state index is 0.0394. The van der Waals surface area contributed by atoms with Crippen LogP contribution in [-0.4, -0.2) is 33.3 Å². The molecule has 3 aromatic heterocycles. The SMILES string of the molecule is N#Cc1c(N)nc(SCc2cccnc2)c(C#N)c1-c1ccc(OCCO)cn1. The molecule has 0 spiro atoms. The smallest absolute Gasteiger partial charge is 0.143 e. The highest BCUT2D eigenvalue weighted by Gasteiger charge is 2.21. The number of nitrogen functional groups attached to an aromatic ring is 1. The van der Waals surface area contributed by atoms with Gasteiger partial charge in [-0.05, 0) is 23.8 Å². The van der Waals surface area contributed by atoms with Gasteiger partial charge in [-0.25, -0.2) is 4.98 Å². The maximum absolute atomic E-state index is 9.79. The first-order valence-electron chi connectivity index (χ1n) is 8.53. The van der Waals surface area contributed by atoms with Gasteiger partial charge in [0.1, 0.15) is 40.9 Å². The second kappa shape index (κ2) is 9.51. The average Bonchev–Trinajstić information content (AvgIpc) is 2.76. The highest BCUT2D eigenvalue weighted by Crippen LogP contribution is 2.36. The van der Waals surface area contributed by atoms with Gasteiger partial charge in [0.25, 0.3) is 0 Å². The molecule has 0 aliphatic rings. The van der Waals surface area contributed by atoms with Crippen molar-refractivity contribution < 1.29 is 9.84 Å². The number of aliphatic hydroxyl groups excluding tert-OH is 1. The van der Waals surface area contributed by atoms with Crippen molar-refractivity contribution in [3.63, 3.8) is 0 Å². The summed E-state index contributed by atoms with van der Waals surface area (Å²) in [5.74, 6) is 1.05. The molecule has 0 bridgehead atoms. The Balaban J connectivity index is 2.02. The van der Waals surface area contributed by atoms with Gasteiger partial charge in [0.15, 0.2) is 0 Å². The van der Waals surface area contributed by atoms with Crippen LogP contribution >= 0.6 is 11.8 Å². The Morgan fingerprint density at radius 1 is 1.14 bits per heavy atom. The Bertz CT molecular complexity index is 1080. The molecule has 3 N–H and O–H groups in total. The number of rotatable bonds is 7. The number of ether oxygens (including phenoxy) is 1. The van der Waals surface area contributed by atoms with Crippen molar-refractivity contribution in [3.8, 4) is 29.1 Å². The molecule has 0 fully saturated rings. The van der Waals surface area contributed by atoms with Crippen molar-refractivity contribution in [1.29, 1.82) is 10.5 Å². The van der Waals surface area contributed by atoms with Crippen molar-refractivity contribution in [2.75, 3.05) is 18.9 Å². The predicted molar refractivity (Wildman–Crippen MR) is 108 cm³/mol. The van der Waals surface area contributed by atoms with Gasteiger partial charge >= 0.3 is 0 Å². The molecule has 0 saturated carbocycles. The molecule has 0 radical (unpaired) electrons. The second-order valence-corrected chi connectivity index (χ2v) is 6.72. The van der Waals surface area contributed by atoms with E-state index in [2.05, 4.69) is 21.0 Å². The van der Waals surface area contributed by atoms with Crippen LogP contribution in [0.2, 0.25) is 0 Å². The fraction of sp³-hybridized carbons (Fsp3) is 0.150. The second-order valence-electron chi connectivity index (χ2n) is 5.75. The summed E-state index contributed by atoms with van der Waals surface area (Å²) < 4.78 is 5.30. The normalized spacial score (nSPS) is 10.2. The van der Waals surface area contributed by atoms with Crippen LogP contribution < -0.4 is 10.5 Å². The molecule has 3 aromatic rings. The third kappa shape index (κ3) is 4.61. The molecule has 29 heavy (non-hydrogen) atoms. The molecule has 3 heterocycles. The molecular formula is C20H16N6O2S. The van der Waals surface area contributed by atoms with E-state index in [0.29, 0.717) is 27.8 Å². The zero-order chi connectivity index (χ0) is 20.6. The molecular weight excluding hydrogens is 388 g/mol. The molecule has 144 valence electrons. The van der Waals surface area contributed by atoms with Crippen LogP contribution in [0.5, 0.6) is 5.75 Å². The topological polar surface area (TPSA) is 142 Å². The van der Waals surface area contributed by atoms with Gasteiger partial charge < -0.3 is 15.6 Å². The molecule has 0 unspecified atom stereocenters. The summed E-state index contributed by atoms with van der Waals surface area (Å²) in [5.41, 5.74) is 8.06. The summed E-state index contributed by atoms with van der Waals surface area (Å²) >= 11 is 1.34. The maximum atomic E-state index is 9.79. The molecule has 0 aliphatic carbocycles. The van der Waals surface area contributed by atoms with Gasteiger partial charge in [0.05, 0.1) is 24.1 Å². The molecule has 0 saturated heterocycles. The van der Waals surface area contributed by atoms with E-state index in [-0.39, 0.29) is 30.2 Å². The third-order valence-electron chi connectivity index (χ3n) is 3.87. The molecule has 3 rings (SSSR count). The quantitative estimate of drug-likeness (QED) is 0.568. The summed E-state index contributed by atoms with van der Waals surface area (Å²) in [6.07, 6.45) is 4.89. The van der Waals surface area contributed by atoms with E-state index >= 15 is 0 Å². The molecule has 0 aromatic carbocycles. The lowest BCUT2D eigenvalue weighted by atomic mass is 10.0. The van der Waals surface area contributed by atoms with E-state index in [1.54, 1.807) is 24.5 Å². The average molecular weight is 404 g/mol. The first-order chi connectivity index (χ1) is 14.2. The van der Waals surface area contributed by atoms with Crippen molar-refractivity contribution >= 4 is 17.6 Å². The van der Waals surface area contributed by atoms with Gasteiger partial charge in [0, 0.05) is 23.7 Å². The lowest BCUT2D eigenvalue weighted by Crippen LogP contribution is -2.05. The van der Waals surface area contributed by atoms with E-state index in [1.807, 2.05) is 18.2 Å². The standard InChI is InChI=1S/C20H16N6O2S/c21-8-15-18(17-4-3-14(11-25-17)28-7-6-27)16(9-22)20(26-19(15)23)29-12-13-2-1-5-24-10-13/h1-5,10-11,27H,6-7,12H2,(H2,23,26). The van der Waals surface area contributed by atoms with E-state index in [1.165, 1.54) is 18.0 Å². The van der Waals surface area contributed by atoms with Gasteiger partial charge in [-0.1, -0.05) is 6.07 Å². The van der Waals surface area contributed by atoms with Crippen molar-refractivity contribution in [3.05, 3.63) is 59.5 Å². The van der Waals surface area contributed by atoms with Crippen molar-refractivity contribution in [1.82, 2.24) is 15.0 Å². The summed E-state index contributed by atoms with van der Waals surface area (Å²) in [5, 5.41) is 28.6. The number of pyridine rings is 3. The third-order valence-corrected chi connectivity index (χ3v) is 4.91. The van der Waals surface area contributed by atoms with Gasteiger partial charge in [-0.15, -0.1) is 11.8 Å².